The van der Waals surface area contributed by atoms with Crippen LogP contribution in [0.4, 0.5) is 0 Å². The van der Waals surface area contributed by atoms with Gasteiger partial charge in [-0.3, -0.25) is 9.48 Å². The number of benzene rings is 1. The maximum Gasteiger partial charge on any atom is 0.162 e. The van der Waals surface area contributed by atoms with Crippen LogP contribution in [0, 0.1) is 5.41 Å². The molecule has 32 heavy (non-hydrogen) atoms. The van der Waals surface area contributed by atoms with Crippen LogP contribution in [-0.2, 0) is 14.1 Å². The SMILES string of the molecule is Cn1cc(-c2cc3c(ncc4c[nH]n(C)c43)n2)c2cc(C(=O)CCC(C)(C)CO)ccc21. The van der Waals surface area contributed by atoms with Crippen molar-refractivity contribution in [3.8, 4) is 11.3 Å². The van der Waals surface area contributed by atoms with Crippen LogP contribution in [0.15, 0.2) is 42.9 Å². The summed E-state index contributed by atoms with van der Waals surface area (Å²) in [4.78, 5) is 22.2. The molecule has 0 amide bonds. The minimum absolute atomic E-state index is 0.0680. The molecule has 0 saturated carbocycles. The molecule has 0 aliphatic carbocycles. The molecule has 0 bridgehead atoms. The maximum atomic E-state index is 12.9. The molecule has 0 aliphatic heterocycles. The quantitative estimate of drug-likeness (QED) is 0.387. The van der Waals surface area contributed by atoms with Crippen molar-refractivity contribution in [1.82, 2.24) is 24.3 Å². The van der Waals surface area contributed by atoms with Gasteiger partial charge in [-0.25, -0.2) is 9.97 Å². The number of aliphatic hydroxyl groups excluding tert-OH is 1. The van der Waals surface area contributed by atoms with E-state index >= 15 is 0 Å². The van der Waals surface area contributed by atoms with Crippen molar-refractivity contribution in [3.05, 3.63) is 48.4 Å². The van der Waals surface area contributed by atoms with E-state index in [4.69, 9.17) is 4.98 Å². The van der Waals surface area contributed by atoms with E-state index in [1.54, 1.807) is 0 Å². The second-order valence-electron chi connectivity index (χ2n) is 9.40. The molecule has 0 aliphatic rings. The number of aromatic nitrogens is 5. The van der Waals surface area contributed by atoms with E-state index in [0.29, 0.717) is 24.1 Å². The molecule has 7 heteroatoms. The number of pyridine rings is 1. The number of rotatable bonds is 6. The predicted molar refractivity (Wildman–Crippen MR) is 127 cm³/mol. The summed E-state index contributed by atoms with van der Waals surface area (Å²) in [5, 5.41) is 15.7. The molecule has 5 aromatic rings. The molecule has 5 rings (SSSR count). The van der Waals surface area contributed by atoms with Crippen molar-refractivity contribution in [2.75, 3.05) is 6.61 Å². The van der Waals surface area contributed by atoms with Gasteiger partial charge in [0.15, 0.2) is 11.4 Å². The van der Waals surface area contributed by atoms with Gasteiger partial charge in [-0.05, 0) is 36.1 Å². The van der Waals surface area contributed by atoms with E-state index in [0.717, 1.165) is 38.4 Å². The Hall–Kier alpha value is -3.45. The van der Waals surface area contributed by atoms with E-state index in [9.17, 15) is 9.90 Å². The third-order valence-electron chi connectivity index (χ3n) is 6.40. The number of nitrogens with zero attached hydrogens (tertiary/aromatic N) is 4. The average Bonchev–Trinajstić information content (AvgIpc) is 3.47. The van der Waals surface area contributed by atoms with Crippen molar-refractivity contribution in [1.29, 1.82) is 0 Å². The number of nitrogens with one attached hydrogen (secondary N) is 1. The van der Waals surface area contributed by atoms with Gasteiger partial charge < -0.3 is 14.8 Å². The number of ketones is 1. The first-order chi connectivity index (χ1) is 15.3. The Morgan fingerprint density at radius 3 is 2.78 bits per heavy atom. The molecule has 0 atom stereocenters. The van der Waals surface area contributed by atoms with Crippen molar-refractivity contribution in [2.45, 2.75) is 26.7 Å². The smallest absolute Gasteiger partial charge is 0.162 e. The number of H-pyrrole nitrogens is 1. The Balaban J connectivity index is 1.59. The number of aryl methyl sites for hydroxylation is 2. The molecule has 164 valence electrons. The normalized spacial score (nSPS) is 12.4. The first kappa shape index (κ1) is 20.5. The summed E-state index contributed by atoms with van der Waals surface area (Å²) >= 11 is 0. The fraction of sp³-hybridized carbons (Fsp3) is 0.320. The lowest BCUT2D eigenvalue weighted by atomic mass is 9.87. The second-order valence-corrected chi connectivity index (χ2v) is 9.40. The first-order valence-corrected chi connectivity index (χ1v) is 10.8. The lowest BCUT2D eigenvalue weighted by Crippen LogP contribution is -2.18. The highest BCUT2D eigenvalue weighted by Crippen LogP contribution is 2.34. The summed E-state index contributed by atoms with van der Waals surface area (Å²) in [6.45, 7) is 4.01. The van der Waals surface area contributed by atoms with E-state index < -0.39 is 0 Å². The number of aromatic amines is 1. The lowest BCUT2D eigenvalue weighted by molar-refractivity contribution is 0.0933. The number of aliphatic hydroxyl groups is 1. The van der Waals surface area contributed by atoms with Crippen LogP contribution in [0.5, 0.6) is 0 Å². The average molecular weight is 430 g/mol. The zero-order valence-electron chi connectivity index (χ0n) is 18.8. The van der Waals surface area contributed by atoms with E-state index in [1.807, 2.05) is 63.2 Å². The van der Waals surface area contributed by atoms with Crippen LogP contribution >= 0.6 is 0 Å². The maximum absolute atomic E-state index is 12.9. The first-order valence-electron chi connectivity index (χ1n) is 10.8. The summed E-state index contributed by atoms with van der Waals surface area (Å²) in [7, 11) is 3.98. The van der Waals surface area contributed by atoms with Gasteiger partial charge in [0.05, 0.1) is 11.2 Å². The van der Waals surface area contributed by atoms with Crippen molar-refractivity contribution in [2.24, 2.45) is 19.5 Å². The zero-order valence-corrected chi connectivity index (χ0v) is 18.8. The lowest BCUT2D eigenvalue weighted by Gasteiger charge is -2.20. The minimum atomic E-state index is -0.260. The highest BCUT2D eigenvalue weighted by atomic mass is 16.3. The molecule has 4 aromatic heterocycles. The number of hydrogen-bond donors (Lipinski definition) is 2. The largest absolute Gasteiger partial charge is 0.396 e. The molecule has 7 nitrogen and oxygen atoms in total. The summed E-state index contributed by atoms with van der Waals surface area (Å²) in [6.07, 6.45) is 6.88. The van der Waals surface area contributed by atoms with E-state index in [2.05, 4.69) is 26.9 Å². The van der Waals surface area contributed by atoms with Crippen LogP contribution in [0.1, 0.15) is 37.0 Å². The molecule has 0 unspecified atom stereocenters. The Morgan fingerprint density at radius 1 is 1.19 bits per heavy atom. The van der Waals surface area contributed by atoms with Crippen LogP contribution < -0.4 is 0 Å². The predicted octanol–water partition coefficient (Wildman–Crippen LogP) is 4.59. The van der Waals surface area contributed by atoms with Gasteiger partial charge in [0.2, 0.25) is 0 Å². The van der Waals surface area contributed by atoms with Crippen molar-refractivity contribution in [3.63, 3.8) is 0 Å². The highest BCUT2D eigenvalue weighted by Gasteiger charge is 2.20. The Labute approximate surface area is 185 Å². The van der Waals surface area contributed by atoms with Crippen molar-refractivity contribution < 1.29 is 9.90 Å². The van der Waals surface area contributed by atoms with Crippen molar-refractivity contribution >= 4 is 38.6 Å². The summed E-state index contributed by atoms with van der Waals surface area (Å²) < 4.78 is 4.03. The molecule has 1 aromatic carbocycles. The zero-order chi connectivity index (χ0) is 22.6. The molecule has 0 spiro atoms. The molecule has 4 heterocycles. The van der Waals surface area contributed by atoms with Crippen LogP contribution in [-0.4, -0.2) is 41.8 Å². The van der Waals surface area contributed by atoms with Gasteiger partial charge in [-0.1, -0.05) is 13.8 Å². The van der Waals surface area contributed by atoms with Gasteiger partial charge in [-0.15, -0.1) is 0 Å². The Morgan fingerprint density at radius 2 is 2.00 bits per heavy atom. The second kappa shape index (κ2) is 7.31. The van der Waals surface area contributed by atoms with Gasteiger partial charge in [0, 0.05) is 78.5 Å². The monoisotopic (exact) mass is 429 g/mol. The third kappa shape index (κ3) is 3.29. The number of carbonyl (C=O) groups excluding carboxylic acids is 1. The van der Waals surface area contributed by atoms with E-state index in [-0.39, 0.29) is 17.8 Å². The molecule has 0 radical (unpaired) electrons. The van der Waals surface area contributed by atoms with Crippen LogP contribution in [0.25, 0.3) is 44.1 Å². The van der Waals surface area contributed by atoms with Crippen LogP contribution in [0.3, 0.4) is 0 Å². The highest BCUT2D eigenvalue weighted by molar-refractivity contribution is 6.07. The molecular formula is C25H27N5O2. The molecule has 2 N–H and O–H groups in total. The number of Topliss-reactive ketones (excluding diaryl/α,β-unsaturated/α-hetero) is 1. The van der Waals surface area contributed by atoms with Gasteiger partial charge >= 0.3 is 0 Å². The Bertz CT molecular complexity index is 1480. The summed E-state index contributed by atoms with van der Waals surface area (Å²) in [6, 6.07) is 7.93. The molecular weight excluding hydrogens is 402 g/mol. The number of hydrogen-bond acceptors (Lipinski definition) is 4. The van der Waals surface area contributed by atoms with Crippen LogP contribution in [0.2, 0.25) is 0 Å². The van der Waals surface area contributed by atoms with Gasteiger partial charge in [0.25, 0.3) is 0 Å². The minimum Gasteiger partial charge on any atom is -0.396 e. The topological polar surface area (TPSA) is 88.7 Å². The standard InChI is InChI=1S/C25H27N5O2/c1-25(2,14-31)8-7-22(32)15-5-6-21-17(9-15)19(13-29(21)3)20-10-18-23-16(12-27-30(23)4)11-26-24(18)28-20/h5-6,9-13,27,31H,7-8,14H2,1-4H3. The fourth-order valence-corrected chi connectivity index (χ4v) is 4.32. The fourth-order valence-electron chi connectivity index (χ4n) is 4.32. The summed E-state index contributed by atoms with van der Waals surface area (Å²) in [5.41, 5.74) is 5.07. The molecule has 0 fully saturated rings. The number of fused-ring (bicyclic) bond motifs is 4. The Kier molecular flexibility index (Phi) is 4.67. The summed E-state index contributed by atoms with van der Waals surface area (Å²) in [5.74, 6) is 0.0894. The number of carbonyl (C=O) groups is 1. The van der Waals surface area contributed by atoms with Gasteiger partial charge in [-0.2, -0.15) is 0 Å². The van der Waals surface area contributed by atoms with Gasteiger partial charge in [0.1, 0.15) is 0 Å². The van der Waals surface area contributed by atoms with E-state index in [1.165, 1.54) is 0 Å². The third-order valence-corrected chi connectivity index (χ3v) is 6.40. The molecule has 0 saturated heterocycles.